The Morgan fingerprint density at radius 2 is 1.87 bits per heavy atom. The lowest BCUT2D eigenvalue weighted by molar-refractivity contribution is -0.153. The minimum atomic E-state index is -0.580. The highest BCUT2D eigenvalue weighted by Gasteiger charge is 2.55. The topological polar surface area (TPSA) is 73.0 Å². The highest BCUT2D eigenvalue weighted by atomic mass is 16.6. The first-order valence-corrected chi connectivity index (χ1v) is 11.0. The van der Waals surface area contributed by atoms with Gasteiger partial charge in [-0.15, -0.1) is 0 Å². The average Bonchev–Trinajstić information content (AvgIpc) is 3.49. The summed E-state index contributed by atoms with van der Waals surface area (Å²) in [5.41, 5.74) is 3.83. The Morgan fingerprint density at radius 1 is 1.19 bits per heavy atom. The Bertz CT molecular complexity index is 995. The minimum Gasteiger partial charge on any atom is -0.459 e. The van der Waals surface area contributed by atoms with E-state index in [4.69, 9.17) is 9.47 Å². The molecule has 0 N–H and O–H groups in total. The van der Waals surface area contributed by atoms with Crippen molar-refractivity contribution in [3.05, 3.63) is 58.7 Å². The number of carbonyl (C=O) groups excluding carboxylic acids is 3. The maximum atomic E-state index is 12.5. The van der Waals surface area contributed by atoms with Gasteiger partial charge in [-0.3, -0.25) is 9.59 Å². The van der Waals surface area contributed by atoms with Crippen LogP contribution >= 0.6 is 0 Å². The predicted octanol–water partition coefficient (Wildman–Crippen LogP) is 4.64. The zero-order valence-electron chi connectivity index (χ0n) is 18.7. The van der Waals surface area contributed by atoms with E-state index in [9.17, 15) is 14.4 Å². The van der Waals surface area contributed by atoms with Crippen molar-refractivity contribution in [2.45, 2.75) is 71.7 Å². The molecule has 4 atom stereocenters. The van der Waals surface area contributed by atoms with Gasteiger partial charge in [0, 0.05) is 22.6 Å². The Balaban J connectivity index is 1.48. The van der Waals surface area contributed by atoms with Crippen LogP contribution in [0.25, 0.3) is 0 Å². The van der Waals surface area contributed by atoms with Crippen LogP contribution in [0.2, 0.25) is 0 Å². The third-order valence-corrected chi connectivity index (χ3v) is 6.96. The summed E-state index contributed by atoms with van der Waals surface area (Å²) in [6.07, 6.45) is 3.43. The molecular formula is C26H30O5. The maximum Gasteiger partial charge on any atom is 0.330 e. The highest BCUT2D eigenvalue weighted by Crippen LogP contribution is 2.47. The molecule has 1 saturated heterocycles. The molecule has 31 heavy (non-hydrogen) atoms. The molecule has 3 aliphatic rings. The summed E-state index contributed by atoms with van der Waals surface area (Å²) in [6.45, 7) is 12.3. The van der Waals surface area contributed by atoms with Gasteiger partial charge in [0.15, 0.2) is 23.8 Å². The second kappa shape index (κ2) is 7.86. The van der Waals surface area contributed by atoms with E-state index < -0.39 is 12.2 Å². The Morgan fingerprint density at radius 3 is 2.55 bits per heavy atom. The maximum absolute atomic E-state index is 12.5. The lowest BCUT2D eigenvalue weighted by Gasteiger charge is -2.45. The van der Waals surface area contributed by atoms with Gasteiger partial charge in [0.05, 0.1) is 0 Å². The second-order valence-electron chi connectivity index (χ2n) is 9.84. The van der Waals surface area contributed by atoms with E-state index in [1.807, 2.05) is 26.0 Å². The minimum absolute atomic E-state index is 0.0879. The zero-order chi connectivity index (χ0) is 22.5. The molecule has 2 aliphatic carbocycles. The first kappa shape index (κ1) is 21.7. The van der Waals surface area contributed by atoms with E-state index in [2.05, 4.69) is 20.4 Å². The molecule has 0 amide bonds. The summed E-state index contributed by atoms with van der Waals surface area (Å²) in [7, 11) is 0. The molecule has 4 unspecified atom stereocenters. The largest absolute Gasteiger partial charge is 0.459 e. The smallest absolute Gasteiger partial charge is 0.330 e. The molecule has 2 fully saturated rings. The van der Waals surface area contributed by atoms with Crippen molar-refractivity contribution in [3.8, 4) is 0 Å². The number of ether oxygens (including phenoxy) is 2. The van der Waals surface area contributed by atoms with Crippen molar-refractivity contribution < 1.29 is 23.9 Å². The monoisotopic (exact) mass is 422 g/mol. The van der Waals surface area contributed by atoms with E-state index in [1.165, 1.54) is 11.6 Å². The van der Waals surface area contributed by atoms with Crippen molar-refractivity contribution >= 4 is 17.5 Å². The number of allylic oxidation sites excluding steroid dienone is 2. The number of rotatable bonds is 5. The summed E-state index contributed by atoms with van der Waals surface area (Å²) >= 11 is 0. The molecule has 0 bridgehead atoms. The summed E-state index contributed by atoms with van der Waals surface area (Å²) in [6, 6.07) is 5.53. The fraction of sp³-hybridized carbons (Fsp3) is 0.500. The van der Waals surface area contributed by atoms with Gasteiger partial charge in [0.25, 0.3) is 0 Å². The number of benzene rings is 1. The quantitative estimate of drug-likeness (QED) is 0.299. The third-order valence-electron chi connectivity index (χ3n) is 6.96. The highest BCUT2D eigenvalue weighted by molar-refractivity contribution is 6.20. The molecule has 164 valence electrons. The molecule has 1 aromatic carbocycles. The number of hydrogen-bond donors (Lipinski definition) is 0. The van der Waals surface area contributed by atoms with E-state index in [-0.39, 0.29) is 35.0 Å². The number of ketones is 2. The average molecular weight is 423 g/mol. The molecular weight excluding hydrogens is 392 g/mol. The van der Waals surface area contributed by atoms with Crippen LogP contribution in [0.1, 0.15) is 73.2 Å². The van der Waals surface area contributed by atoms with Crippen LogP contribution < -0.4 is 0 Å². The predicted molar refractivity (Wildman–Crippen MR) is 117 cm³/mol. The lowest BCUT2D eigenvalue weighted by Crippen LogP contribution is -2.44. The summed E-state index contributed by atoms with van der Waals surface area (Å²) in [4.78, 5) is 37.0. The van der Waals surface area contributed by atoms with Crippen molar-refractivity contribution in [2.75, 3.05) is 0 Å². The molecule has 1 heterocycles. The number of fused-ring (bicyclic) bond motifs is 2. The van der Waals surface area contributed by atoms with E-state index in [1.54, 1.807) is 6.07 Å². The van der Waals surface area contributed by atoms with Crippen molar-refractivity contribution in [1.82, 2.24) is 0 Å². The van der Waals surface area contributed by atoms with Gasteiger partial charge in [0.2, 0.25) is 0 Å². The molecule has 1 aromatic rings. The van der Waals surface area contributed by atoms with E-state index in [0.717, 1.165) is 36.8 Å². The number of esters is 1. The van der Waals surface area contributed by atoms with Crippen molar-refractivity contribution in [1.29, 1.82) is 0 Å². The number of hydrogen-bond acceptors (Lipinski definition) is 5. The molecule has 5 heteroatoms. The van der Waals surface area contributed by atoms with Gasteiger partial charge in [-0.25, -0.2) is 4.79 Å². The molecule has 4 rings (SSSR count). The molecule has 5 nitrogen and oxygen atoms in total. The number of aryl methyl sites for hydroxylation is 1. The van der Waals surface area contributed by atoms with Gasteiger partial charge in [-0.1, -0.05) is 43.7 Å². The molecule has 0 radical (unpaired) electrons. The van der Waals surface area contributed by atoms with Gasteiger partial charge in [0.1, 0.15) is 6.10 Å². The SMILES string of the molecule is C=C1CCC(OC(=O)C=C(C)C)C(C)(C)C1CCc1ccc2c(c1)C(=O)C1OC1C2=O. The summed E-state index contributed by atoms with van der Waals surface area (Å²) in [5.74, 6) is -0.276. The molecule has 0 aromatic heterocycles. The molecule has 1 saturated carbocycles. The zero-order valence-corrected chi connectivity index (χ0v) is 18.7. The van der Waals surface area contributed by atoms with Crippen LogP contribution in [0.5, 0.6) is 0 Å². The molecule has 0 spiro atoms. The van der Waals surface area contributed by atoms with Crippen LogP contribution in [0.15, 0.2) is 42.0 Å². The Hall–Kier alpha value is -2.53. The normalized spacial score (nSPS) is 28.5. The Kier molecular flexibility index (Phi) is 5.50. The fourth-order valence-electron chi connectivity index (χ4n) is 5.10. The lowest BCUT2D eigenvalue weighted by atomic mass is 9.63. The first-order chi connectivity index (χ1) is 14.6. The van der Waals surface area contributed by atoms with Crippen molar-refractivity contribution in [3.63, 3.8) is 0 Å². The van der Waals surface area contributed by atoms with Crippen LogP contribution in [0.4, 0.5) is 0 Å². The standard InChI is InChI=1S/C26H30O5/c1-14(2)12-21(27)30-20-11-6-15(3)19(26(20,4)5)10-8-16-7-9-17-18(13-16)23(29)25-24(31-25)22(17)28/h7,9,12-13,19-20,24-25H,3,6,8,10-11H2,1-2,4-5H3. The third kappa shape index (κ3) is 4.03. The van der Waals surface area contributed by atoms with Crippen molar-refractivity contribution in [2.24, 2.45) is 11.3 Å². The fourth-order valence-corrected chi connectivity index (χ4v) is 5.10. The van der Waals surface area contributed by atoms with Crippen LogP contribution in [-0.4, -0.2) is 35.8 Å². The number of Topliss-reactive ketones (excluding diaryl/α,β-unsaturated/α-hetero) is 2. The summed E-state index contributed by atoms with van der Waals surface area (Å²) in [5, 5.41) is 0. The van der Waals surface area contributed by atoms with Gasteiger partial charge < -0.3 is 9.47 Å². The van der Waals surface area contributed by atoms with Crippen LogP contribution in [0.3, 0.4) is 0 Å². The van der Waals surface area contributed by atoms with Gasteiger partial charge in [-0.05, 0) is 57.1 Å². The van der Waals surface area contributed by atoms with Crippen LogP contribution in [0, 0.1) is 11.3 Å². The van der Waals surface area contributed by atoms with E-state index in [0.29, 0.717) is 11.1 Å². The van der Waals surface area contributed by atoms with Crippen LogP contribution in [-0.2, 0) is 20.7 Å². The van der Waals surface area contributed by atoms with Gasteiger partial charge in [-0.2, -0.15) is 0 Å². The Labute approximate surface area is 183 Å². The molecule has 1 aliphatic heterocycles. The summed E-state index contributed by atoms with van der Waals surface area (Å²) < 4.78 is 11.0. The van der Waals surface area contributed by atoms with E-state index >= 15 is 0 Å². The second-order valence-corrected chi connectivity index (χ2v) is 9.84. The number of carbonyl (C=O) groups is 3. The first-order valence-electron chi connectivity index (χ1n) is 11.0. The number of epoxide rings is 1. The van der Waals surface area contributed by atoms with Gasteiger partial charge >= 0.3 is 5.97 Å².